The Balaban J connectivity index is 1.31. The normalized spacial score (nSPS) is 13.5. The first-order valence-electron chi connectivity index (χ1n) is 15.3. The lowest BCUT2D eigenvalue weighted by Gasteiger charge is -2.14. The first kappa shape index (κ1) is 34.9. The molecule has 1 atom stereocenters. The monoisotopic (exact) mass is 705 g/mol. The second kappa shape index (κ2) is 16.1. The van der Waals surface area contributed by atoms with Crippen LogP contribution in [0.3, 0.4) is 0 Å². The summed E-state index contributed by atoms with van der Waals surface area (Å²) in [6.07, 6.45) is 5.93. The topological polar surface area (TPSA) is 114 Å². The molecule has 1 aliphatic rings. The van der Waals surface area contributed by atoms with Crippen molar-refractivity contribution >= 4 is 75.2 Å². The molecule has 12 heteroatoms. The van der Waals surface area contributed by atoms with E-state index in [-0.39, 0.29) is 22.2 Å². The van der Waals surface area contributed by atoms with E-state index in [1.807, 2.05) is 0 Å². The number of nitrogens with one attached hydrogen (secondary N) is 3. The van der Waals surface area contributed by atoms with Crippen LogP contribution in [0.1, 0.15) is 62.9 Å². The van der Waals surface area contributed by atoms with Crippen molar-refractivity contribution < 1.29 is 28.3 Å². The molecule has 0 saturated heterocycles. The van der Waals surface area contributed by atoms with Crippen LogP contribution in [0.15, 0.2) is 83.4 Å². The second-order valence-corrected chi connectivity index (χ2v) is 13.9. The molecular formula is C36H33ClFN3O5S2. The Morgan fingerprint density at radius 1 is 0.958 bits per heavy atom. The Labute approximate surface area is 291 Å². The maximum Gasteiger partial charge on any atom is 0.341 e. The Kier molecular flexibility index (Phi) is 11.7. The molecule has 0 aliphatic heterocycles. The zero-order valence-electron chi connectivity index (χ0n) is 26.2. The third-order valence-corrected chi connectivity index (χ3v) is 10.3. The lowest BCUT2D eigenvalue weighted by Crippen LogP contribution is -2.30. The smallest absolute Gasteiger partial charge is 0.341 e. The molecular weight excluding hydrogens is 673 g/mol. The molecule has 0 saturated carbocycles. The molecule has 0 spiro atoms. The number of carbonyl (C=O) groups excluding carboxylic acids is 4. The summed E-state index contributed by atoms with van der Waals surface area (Å²) >= 11 is 8.91. The summed E-state index contributed by atoms with van der Waals surface area (Å²) in [7, 11) is 1.34. The van der Waals surface area contributed by atoms with E-state index in [2.05, 4.69) is 16.0 Å². The molecule has 0 radical (unpaired) electrons. The molecule has 3 amide bonds. The number of rotatable bonds is 10. The third-order valence-electron chi connectivity index (χ3n) is 7.64. The maximum absolute atomic E-state index is 14.7. The van der Waals surface area contributed by atoms with Crippen LogP contribution in [-0.2, 0) is 27.2 Å². The van der Waals surface area contributed by atoms with Gasteiger partial charge in [0, 0.05) is 26.6 Å². The van der Waals surface area contributed by atoms with Crippen LogP contribution in [0.2, 0.25) is 5.02 Å². The van der Waals surface area contributed by atoms with Gasteiger partial charge in [0.15, 0.2) is 0 Å². The van der Waals surface area contributed by atoms with Gasteiger partial charge in [-0.3, -0.25) is 14.4 Å². The summed E-state index contributed by atoms with van der Waals surface area (Å²) in [5.41, 5.74) is 1.81. The van der Waals surface area contributed by atoms with Gasteiger partial charge in [0.2, 0.25) is 5.91 Å². The highest BCUT2D eigenvalue weighted by molar-refractivity contribution is 8.00. The Morgan fingerprint density at radius 2 is 1.71 bits per heavy atom. The number of halogens is 2. The lowest BCUT2D eigenvalue weighted by molar-refractivity contribution is -0.115. The number of anilines is 2. The number of aryl methyl sites for hydroxylation is 1. The predicted octanol–water partition coefficient (Wildman–Crippen LogP) is 8.13. The molecule has 248 valence electrons. The SMILES string of the molecule is COC(=O)c1c(NC(=O)C(C)Sc2cccc(NC(=O)/C(=C\c3c(F)cccc3Cl)NC(=O)c3ccccc3)c2)sc2c1CCCCC2. The number of hydrogen-bond acceptors (Lipinski definition) is 7. The Hall–Kier alpha value is -4.45. The number of ether oxygens (including phenoxy) is 1. The highest BCUT2D eigenvalue weighted by Crippen LogP contribution is 2.38. The second-order valence-electron chi connectivity index (χ2n) is 11.0. The van der Waals surface area contributed by atoms with E-state index in [1.165, 1.54) is 54.5 Å². The van der Waals surface area contributed by atoms with Gasteiger partial charge in [-0.15, -0.1) is 23.1 Å². The lowest BCUT2D eigenvalue weighted by atomic mass is 10.1. The summed E-state index contributed by atoms with van der Waals surface area (Å²) < 4.78 is 19.7. The van der Waals surface area contributed by atoms with Crippen LogP contribution in [0.5, 0.6) is 0 Å². The van der Waals surface area contributed by atoms with Crippen LogP contribution < -0.4 is 16.0 Å². The van der Waals surface area contributed by atoms with Crippen LogP contribution in [0.4, 0.5) is 15.1 Å². The number of benzene rings is 3. The zero-order chi connectivity index (χ0) is 34.2. The summed E-state index contributed by atoms with van der Waals surface area (Å²) in [6, 6.07) is 19.3. The van der Waals surface area contributed by atoms with Crippen molar-refractivity contribution in [2.24, 2.45) is 0 Å². The van der Waals surface area contributed by atoms with Crippen molar-refractivity contribution in [1.29, 1.82) is 0 Å². The average Bonchev–Trinajstić information content (AvgIpc) is 3.25. The van der Waals surface area contributed by atoms with Crippen molar-refractivity contribution in [3.8, 4) is 0 Å². The molecule has 0 fully saturated rings. The fourth-order valence-corrected chi connectivity index (χ4v) is 7.63. The first-order chi connectivity index (χ1) is 23.1. The van der Waals surface area contributed by atoms with E-state index in [9.17, 15) is 23.6 Å². The van der Waals surface area contributed by atoms with Crippen LogP contribution in [0, 0.1) is 5.82 Å². The number of carbonyl (C=O) groups is 4. The molecule has 1 heterocycles. The van der Waals surface area contributed by atoms with Crippen molar-refractivity contribution in [2.75, 3.05) is 17.7 Å². The minimum atomic E-state index is -0.709. The molecule has 8 nitrogen and oxygen atoms in total. The Bertz CT molecular complexity index is 1860. The highest BCUT2D eigenvalue weighted by atomic mass is 35.5. The summed E-state index contributed by atoms with van der Waals surface area (Å²) in [5, 5.41) is 8.27. The van der Waals surface area contributed by atoms with Gasteiger partial charge >= 0.3 is 5.97 Å². The van der Waals surface area contributed by atoms with E-state index >= 15 is 0 Å². The molecule has 5 rings (SSSR count). The molecule has 1 aromatic heterocycles. The average molecular weight is 706 g/mol. The van der Waals surface area contributed by atoms with Crippen LogP contribution in [-0.4, -0.2) is 36.1 Å². The van der Waals surface area contributed by atoms with Crippen molar-refractivity contribution in [1.82, 2.24) is 5.32 Å². The largest absolute Gasteiger partial charge is 0.465 e. The number of esters is 1. The summed E-state index contributed by atoms with van der Waals surface area (Å²) in [4.78, 5) is 54.3. The molecule has 48 heavy (non-hydrogen) atoms. The van der Waals surface area contributed by atoms with E-state index < -0.39 is 28.9 Å². The van der Waals surface area contributed by atoms with E-state index in [1.54, 1.807) is 61.5 Å². The molecule has 1 unspecified atom stereocenters. The molecule has 3 N–H and O–H groups in total. The fourth-order valence-electron chi connectivity index (χ4n) is 5.20. The third kappa shape index (κ3) is 8.52. The van der Waals surface area contributed by atoms with E-state index in [4.69, 9.17) is 16.3 Å². The van der Waals surface area contributed by atoms with Gasteiger partial charge in [0.1, 0.15) is 16.5 Å². The summed E-state index contributed by atoms with van der Waals surface area (Å²) in [5.74, 6) is -2.68. The van der Waals surface area contributed by atoms with Gasteiger partial charge < -0.3 is 20.7 Å². The molecule has 1 aliphatic carbocycles. The molecule has 0 bridgehead atoms. The summed E-state index contributed by atoms with van der Waals surface area (Å²) in [6.45, 7) is 1.75. The van der Waals surface area contributed by atoms with Crippen molar-refractivity contribution in [3.63, 3.8) is 0 Å². The van der Waals surface area contributed by atoms with Crippen LogP contribution in [0.25, 0.3) is 6.08 Å². The molecule has 3 aromatic carbocycles. The first-order valence-corrected chi connectivity index (χ1v) is 17.4. The number of fused-ring (bicyclic) bond motifs is 1. The fraction of sp³-hybridized carbons (Fsp3) is 0.222. The zero-order valence-corrected chi connectivity index (χ0v) is 28.6. The van der Waals surface area contributed by atoms with Gasteiger partial charge in [-0.2, -0.15) is 0 Å². The predicted molar refractivity (Wildman–Crippen MR) is 189 cm³/mol. The number of amides is 3. The van der Waals surface area contributed by atoms with Crippen molar-refractivity contribution in [2.45, 2.75) is 49.2 Å². The number of thioether (sulfide) groups is 1. The van der Waals surface area contributed by atoms with Gasteiger partial charge in [0.05, 0.1) is 22.9 Å². The minimum absolute atomic E-state index is 0.0562. The van der Waals surface area contributed by atoms with Crippen molar-refractivity contribution in [3.05, 3.63) is 116 Å². The Morgan fingerprint density at radius 3 is 2.46 bits per heavy atom. The van der Waals surface area contributed by atoms with E-state index in [0.29, 0.717) is 26.7 Å². The quantitative estimate of drug-likeness (QED) is 0.0665. The van der Waals surface area contributed by atoms with Gasteiger partial charge in [-0.1, -0.05) is 48.4 Å². The number of thiophene rings is 1. The van der Waals surface area contributed by atoms with Gasteiger partial charge in [0.25, 0.3) is 11.8 Å². The standard InChI is InChI=1S/C36H33ClFN3O5S2/c1-21(32(42)41-35-31(36(45)46-2)25-15-7-4-8-18-30(25)48-35)47-24-14-9-13-23(19-24)39-34(44)29(20-26-27(37)16-10-17-28(26)38)40-33(43)22-11-5-3-6-12-22/h3,5-6,9-14,16-17,19-21H,4,7-8,15,18H2,1-2H3,(H,39,44)(H,40,43)(H,41,42)/b29-20+. The maximum atomic E-state index is 14.7. The van der Waals surface area contributed by atoms with Crippen LogP contribution >= 0.6 is 34.7 Å². The van der Waals surface area contributed by atoms with E-state index in [0.717, 1.165) is 42.5 Å². The number of methoxy groups -OCH3 is 1. The van der Waals surface area contributed by atoms with Gasteiger partial charge in [-0.05, 0) is 86.7 Å². The minimum Gasteiger partial charge on any atom is -0.465 e. The highest BCUT2D eigenvalue weighted by Gasteiger charge is 2.27. The molecule has 4 aromatic rings. The van der Waals surface area contributed by atoms with Gasteiger partial charge in [-0.25, -0.2) is 9.18 Å². The number of hydrogen-bond donors (Lipinski definition) is 3.